The van der Waals surface area contributed by atoms with Gasteiger partial charge in [0.25, 0.3) is 0 Å². The van der Waals surface area contributed by atoms with E-state index in [4.69, 9.17) is 18.6 Å². The number of fused-ring (bicyclic) bond motifs is 1. The molecule has 1 saturated heterocycles. The molecule has 2 aromatic rings. The van der Waals surface area contributed by atoms with Gasteiger partial charge in [-0.25, -0.2) is 0 Å². The monoisotopic (exact) mass is 595 g/mol. The quantitative estimate of drug-likeness (QED) is 0.0702. The standard InChI is InChI=1S/C30H26O13/c31-16-5-1-14(2-6-16)3-8-25(36)40-13-24-26(37)27(38)28(39)30(43-24)42-23-12-18-20(34)10-17(32)11-22(18)41-29(23)15-4-7-19(33)21(35)9-15/h1-12,24,26-28,30-31,33-35,37-39H,13H2/p+1/b8-3+. The van der Waals surface area contributed by atoms with Crippen molar-refractivity contribution in [3.05, 3.63) is 82.5 Å². The van der Waals surface area contributed by atoms with Crippen molar-refractivity contribution in [2.45, 2.75) is 30.7 Å². The number of aromatic hydroxyl groups is 4. The topological polar surface area (TPSA) is 221 Å². The second-order valence-corrected chi connectivity index (χ2v) is 9.70. The van der Waals surface area contributed by atoms with Crippen LogP contribution in [0.2, 0.25) is 0 Å². The van der Waals surface area contributed by atoms with Crippen LogP contribution in [0.1, 0.15) is 5.56 Å². The van der Waals surface area contributed by atoms with Gasteiger partial charge in [0.2, 0.25) is 12.9 Å². The van der Waals surface area contributed by atoms with E-state index in [-0.39, 0.29) is 34.1 Å². The second-order valence-electron chi connectivity index (χ2n) is 9.70. The van der Waals surface area contributed by atoms with Crippen molar-refractivity contribution in [2.75, 3.05) is 6.61 Å². The van der Waals surface area contributed by atoms with Crippen molar-refractivity contribution in [2.24, 2.45) is 0 Å². The van der Waals surface area contributed by atoms with Crippen LogP contribution in [0.3, 0.4) is 0 Å². The van der Waals surface area contributed by atoms with Crippen molar-refractivity contribution in [1.82, 2.24) is 0 Å². The van der Waals surface area contributed by atoms with Gasteiger partial charge in [0, 0.05) is 17.7 Å². The number of phenolic OH excluding ortho intramolecular Hbond substituents is 4. The minimum Gasteiger partial charge on any atom is -0.508 e. The zero-order valence-electron chi connectivity index (χ0n) is 22.1. The summed E-state index contributed by atoms with van der Waals surface area (Å²) in [4.78, 5) is 22.1. The lowest BCUT2D eigenvalue weighted by molar-refractivity contribution is -0.276. The fraction of sp³-hybridized carbons (Fsp3) is 0.200. The molecule has 13 nitrogen and oxygen atoms in total. The Morgan fingerprint density at radius 1 is 0.860 bits per heavy atom. The number of rotatable bonds is 7. The van der Waals surface area contributed by atoms with Crippen LogP contribution in [0.5, 0.6) is 28.7 Å². The maximum absolute atomic E-state index is 12.0. The first-order chi connectivity index (χ1) is 20.5. The van der Waals surface area contributed by atoms with Crippen LogP contribution in [0, 0.1) is 0 Å². The number of benzene rings is 3. The Hall–Kier alpha value is -5.08. The molecule has 0 aromatic heterocycles. The van der Waals surface area contributed by atoms with Crippen molar-refractivity contribution < 1.29 is 59.2 Å². The molecule has 0 spiro atoms. The van der Waals surface area contributed by atoms with Gasteiger partial charge < -0.3 is 59.2 Å². The molecule has 0 amide bonds. The van der Waals surface area contributed by atoms with Gasteiger partial charge in [-0.1, -0.05) is 12.1 Å². The molecule has 5 atom stereocenters. The number of phenols is 4. The summed E-state index contributed by atoms with van der Waals surface area (Å²) in [7, 11) is 0. The van der Waals surface area contributed by atoms with E-state index < -0.39 is 66.0 Å². The minimum absolute atomic E-state index is 0.0434. The van der Waals surface area contributed by atoms with Crippen LogP contribution >= 0.6 is 0 Å². The predicted molar refractivity (Wildman–Crippen MR) is 149 cm³/mol. The van der Waals surface area contributed by atoms with Crippen molar-refractivity contribution in [1.29, 1.82) is 0 Å². The molecule has 224 valence electrons. The van der Waals surface area contributed by atoms with E-state index in [1.807, 2.05) is 0 Å². The molecule has 13 heteroatoms. The highest BCUT2D eigenvalue weighted by molar-refractivity contribution is 5.88. The van der Waals surface area contributed by atoms with Crippen LogP contribution in [-0.4, -0.2) is 83.8 Å². The van der Waals surface area contributed by atoms with Crippen LogP contribution in [0.4, 0.5) is 0 Å². The number of aliphatic hydroxyl groups is 3. The third-order valence-corrected chi connectivity index (χ3v) is 6.66. The summed E-state index contributed by atoms with van der Waals surface area (Å²) in [5.41, 5.74) is 0.302. The van der Waals surface area contributed by atoms with Crippen LogP contribution in [0.25, 0.3) is 28.7 Å². The van der Waals surface area contributed by atoms with Crippen molar-refractivity contribution in [3.63, 3.8) is 0 Å². The Bertz CT molecular complexity index is 1680. The lowest BCUT2D eigenvalue weighted by atomic mass is 9.99. The van der Waals surface area contributed by atoms with Gasteiger partial charge in [-0.15, -0.1) is 0 Å². The number of aliphatic hydroxyl groups excluding tert-OH is 3. The molecule has 5 rings (SSSR count). The molecule has 2 aliphatic heterocycles. The van der Waals surface area contributed by atoms with Crippen molar-refractivity contribution >= 4 is 12.0 Å². The molecule has 8 N–H and O–H groups in total. The van der Waals surface area contributed by atoms with Gasteiger partial charge >= 0.3 is 5.97 Å². The number of carbonyl (C=O) groups excluding carboxylic acids is 1. The maximum Gasteiger partial charge on any atom is 0.510 e. The van der Waals surface area contributed by atoms with Crippen LogP contribution in [-0.2, 0) is 9.47 Å². The molecule has 2 heterocycles. The lowest BCUT2D eigenvalue weighted by Crippen LogP contribution is -2.60. The highest BCUT2D eigenvalue weighted by Crippen LogP contribution is 2.43. The fourth-order valence-electron chi connectivity index (χ4n) is 4.37. The van der Waals surface area contributed by atoms with Crippen molar-refractivity contribution in [3.8, 4) is 51.4 Å². The molecule has 43 heavy (non-hydrogen) atoms. The highest BCUT2D eigenvalue weighted by Gasteiger charge is 2.47. The summed E-state index contributed by atoms with van der Waals surface area (Å²) < 4.78 is 22.6. The van der Waals surface area contributed by atoms with E-state index >= 15 is 0 Å². The molecule has 0 radical (unpaired) electrons. The van der Waals surface area contributed by atoms with Crippen LogP contribution < -0.4 is 10.2 Å². The number of hydrogen-bond donors (Lipinski definition) is 7. The van der Waals surface area contributed by atoms with Gasteiger partial charge in [0.1, 0.15) is 35.6 Å². The predicted octanol–water partition coefficient (Wildman–Crippen LogP) is 1.65. The van der Waals surface area contributed by atoms with Gasteiger partial charge in [0.05, 0.1) is 11.6 Å². The van der Waals surface area contributed by atoms with E-state index in [0.29, 0.717) is 5.56 Å². The summed E-state index contributed by atoms with van der Waals surface area (Å²) >= 11 is 0. The average Bonchev–Trinajstić information content (AvgIpc) is 2.98. The largest absolute Gasteiger partial charge is 0.510 e. The van der Waals surface area contributed by atoms with E-state index in [2.05, 4.69) is 0 Å². The minimum atomic E-state index is -1.80. The number of hydrogen-bond acceptors (Lipinski definition) is 12. The van der Waals surface area contributed by atoms with Gasteiger partial charge in [-0.2, -0.15) is 0 Å². The first-order valence-electron chi connectivity index (χ1n) is 12.9. The van der Waals surface area contributed by atoms with E-state index in [1.165, 1.54) is 42.5 Å². The Morgan fingerprint density at radius 2 is 1.60 bits per heavy atom. The molecule has 0 bridgehead atoms. The molecule has 1 aliphatic carbocycles. The normalized spacial score (nSPS) is 22.1. The average molecular weight is 596 g/mol. The summed E-state index contributed by atoms with van der Waals surface area (Å²) in [6, 6.07) is 13.1. The highest BCUT2D eigenvalue weighted by atomic mass is 16.7. The Labute approximate surface area is 242 Å². The SMILES string of the molecule is O=c1cc2oc(-c3ccc(O)c(O)c3)c(OC3OC(COC(=[OH+])/C=C/c4ccc(O)cc4)C(O)C(O)C3O)cc-2c(O)c1. The van der Waals surface area contributed by atoms with Crippen LogP contribution in [0.15, 0.2) is 76.0 Å². The van der Waals surface area contributed by atoms with E-state index in [0.717, 1.165) is 18.2 Å². The number of ether oxygens (including phenoxy) is 3. The summed E-state index contributed by atoms with van der Waals surface area (Å²) in [5, 5.41) is 71.2. The molecular formula is C30H27O13+. The van der Waals surface area contributed by atoms with E-state index in [1.54, 1.807) is 12.1 Å². The van der Waals surface area contributed by atoms with E-state index in [9.17, 15) is 45.3 Å². The van der Waals surface area contributed by atoms with Gasteiger partial charge in [-0.05, 0) is 48.0 Å². The molecule has 5 unspecified atom stereocenters. The molecule has 0 saturated carbocycles. The summed E-state index contributed by atoms with van der Waals surface area (Å²) in [5.74, 6) is -2.17. The summed E-state index contributed by atoms with van der Waals surface area (Å²) in [6.07, 6.45) is -5.49. The van der Waals surface area contributed by atoms with Gasteiger partial charge in [0.15, 0.2) is 34.5 Å². The number of esters is 1. The molecule has 2 aromatic carbocycles. The third-order valence-electron chi connectivity index (χ3n) is 6.66. The first kappa shape index (κ1) is 29.4. The van der Waals surface area contributed by atoms with Gasteiger partial charge in [-0.3, -0.25) is 4.79 Å². The molecule has 3 aliphatic rings. The zero-order valence-corrected chi connectivity index (χ0v) is 22.1. The Balaban J connectivity index is 1.40. The summed E-state index contributed by atoms with van der Waals surface area (Å²) in [6.45, 7) is -0.482. The zero-order chi connectivity index (χ0) is 30.8. The maximum atomic E-state index is 12.0. The Morgan fingerprint density at radius 3 is 2.33 bits per heavy atom. The molecule has 1 fully saturated rings. The lowest BCUT2D eigenvalue weighted by Gasteiger charge is -2.39. The second kappa shape index (κ2) is 12.0. The fourth-order valence-corrected chi connectivity index (χ4v) is 4.37. The third kappa shape index (κ3) is 6.39. The molecular weight excluding hydrogens is 568 g/mol. The smallest absolute Gasteiger partial charge is 0.508 e. The Kier molecular flexibility index (Phi) is 8.23. The first-order valence-corrected chi connectivity index (χ1v) is 12.9.